The Balaban J connectivity index is 1.97. The maximum atomic E-state index is 11.8. The second-order valence-corrected chi connectivity index (χ2v) is 6.08. The van der Waals surface area contributed by atoms with Crippen LogP contribution in [0.15, 0.2) is 18.2 Å². The van der Waals surface area contributed by atoms with Crippen molar-refractivity contribution in [2.24, 2.45) is 0 Å². The molecule has 12 nitrogen and oxygen atoms in total. The van der Waals surface area contributed by atoms with Crippen molar-refractivity contribution in [2.45, 2.75) is 6.04 Å². The van der Waals surface area contributed by atoms with Crippen LogP contribution in [0.2, 0.25) is 0 Å². The monoisotopic (exact) mass is 360 g/mol. The van der Waals surface area contributed by atoms with Gasteiger partial charge in [0, 0.05) is 6.07 Å². The van der Waals surface area contributed by atoms with Crippen molar-refractivity contribution in [3.63, 3.8) is 0 Å². The maximum Gasteiger partial charge on any atom is 0.405 e. The van der Waals surface area contributed by atoms with Crippen molar-refractivity contribution < 1.29 is 38.1 Å². The molecule has 0 bridgehead atoms. The van der Waals surface area contributed by atoms with Gasteiger partial charge in [-0.3, -0.25) is 14.4 Å². The number of phenols is 2. The quantitative estimate of drug-likeness (QED) is 0.223. The number of carbonyl (C=O) groups excluding carboxylic acids is 2. The van der Waals surface area contributed by atoms with Crippen molar-refractivity contribution in [1.29, 1.82) is 0 Å². The lowest BCUT2D eigenvalue weighted by molar-refractivity contribution is -0.138. The van der Waals surface area contributed by atoms with Crippen molar-refractivity contribution in [1.82, 2.24) is 14.9 Å². The number of benzene rings is 1. The summed E-state index contributed by atoms with van der Waals surface area (Å²) < 4.78 is 27.0. The molecule has 1 saturated heterocycles. The van der Waals surface area contributed by atoms with Gasteiger partial charge >= 0.3 is 22.3 Å². The average molecular weight is 360 g/mol. The number of imide groups is 1. The van der Waals surface area contributed by atoms with E-state index in [0.717, 1.165) is 18.2 Å². The fraction of sp³-hybridized carbons (Fsp3) is 0.182. The van der Waals surface area contributed by atoms with Crippen LogP contribution in [0.3, 0.4) is 0 Å². The SMILES string of the molecule is O=C(O)NC1CN(C(=O)NS(=O)(=O)Nc2ccc(O)c(O)c2)C1=O. The molecule has 0 aromatic heterocycles. The Kier molecular flexibility index (Phi) is 4.37. The number of urea groups is 1. The van der Waals surface area contributed by atoms with Crippen molar-refractivity contribution in [3.8, 4) is 11.5 Å². The molecule has 1 aliphatic heterocycles. The minimum atomic E-state index is -4.42. The van der Waals surface area contributed by atoms with E-state index < -0.39 is 45.8 Å². The lowest BCUT2D eigenvalue weighted by Gasteiger charge is -2.35. The molecule has 24 heavy (non-hydrogen) atoms. The van der Waals surface area contributed by atoms with Gasteiger partial charge in [0.15, 0.2) is 11.5 Å². The van der Waals surface area contributed by atoms with Crippen LogP contribution in [0.1, 0.15) is 0 Å². The molecule has 1 heterocycles. The number of β-lactam (4-membered cyclic amide) rings is 1. The van der Waals surface area contributed by atoms with E-state index in [-0.39, 0.29) is 12.2 Å². The minimum absolute atomic E-state index is 0.147. The molecular weight excluding hydrogens is 348 g/mol. The van der Waals surface area contributed by atoms with Crippen LogP contribution >= 0.6 is 0 Å². The third-order valence-electron chi connectivity index (χ3n) is 2.92. The molecular formula is C11H12N4O8S. The van der Waals surface area contributed by atoms with Crippen LogP contribution < -0.4 is 14.8 Å². The first-order valence-electron chi connectivity index (χ1n) is 6.26. The molecule has 0 saturated carbocycles. The highest BCUT2D eigenvalue weighted by Crippen LogP contribution is 2.27. The molecule has 0 spiro atoms. The van der Waals surface area contributed by atoms with E-state index in [1.807, 2.05) is 10.0 Å². The van der Waals surface area contributed by atoms with Crippen LogP contribution in [-0.4, -0.2) is 59.3 Å². The molecule has 1 unspecified atom stereocenters. The molecule has 6 N–H and O–H groups in total. The molecule has 13 heteroatoms. The molecule has 0 radical (unpaired) electrons. The lowest BCUT2D eigenvalue weighted by Crippen LogP contribution is -2.67. The molecule has 4 amide bonds. The number of aromatic hydroxyl groups is 2. The van der Waals surface area contributed by atoms with Gasteiger partial charge in [-0.15, -0.1) is 0 Å². The van der Waals surface area contributed by atoms with Crippen LogP contribution in [0.4, 0.5) is 15.3 Å². The molecule has 130 valence electrons. The van der Waals surface area contributed by atoms with Crippen LogP contribution in [0.5, 0.6) is 11.5 Å². The third kappa shape index (κ3) is 3.75. The van der Waals surface area contributed by atoms with Crippen molar-refractivity contribution in [2.75, 3.05) is 11.3 Å². The number of anilines is 1. The number of rotatable bonds is 4. The zero-order chi connectivity index (χ0) is 18.1. The summed E-state index contributed by atoms with van der Waals surface area (Å²) in [5.74, 6) is -1.94. The Morgan fingerprint density at radius 2 is 1.88 bits per heavy atom. The highest BCUT2D eigenvalue weighted by Gasteiger charge is 2.42. The summed E-state index contributed by atoms with van der Waals surface area (Å²) in [7, 11) is -4.42. The van der Waals surface area contributed by atoms with Crippen LogP contribution in [0.25, 0.3) is 0 Å². The van der Waals surface area contributed by atoms with Crippen LogP contribution in [-0.2, 0) is 15.0 Å². The number of nitrogens with one attached hydrogen (secondary N) is 3. The molecule has 1 aromatic carbocycles. The van der Waals surface area contributed by atoms with E-state index in [1.165, 1.54) is 0 Å². The third-order valence-corrected chi connectivity index (χ3v) is 3.87. The van der Waals surface area contributed by atoms with E-state index in [9.17, 15) is 27.9 Å². The first kappa shape index (κ1) is 17.1. The molecule has 1 atom stereocenters. The Labute approximate surface area is 134 Å². The molecule has 1 aliphatic rings. The Bertz CT molecular complexity index is 808. The molecule has 1 aromatic rings. The van der Waals surface area contributed by atoms with Gasteiger partial charge in [-0.1, -0.05) is 0 Å². The Morgan fingerprint density at radius 1 is 1.21 bits per heavy atom. The van der Waals surface area contributed by atoms with E-state index in [0.29, 0.717) is 4.90 Å². The number of amides is 4. The second-order valence-electron chi connectivity index (χ2n) is 4.67. The number of hydrogen-bond donors (Lipinski definition) is 6. The van der Waals surface area contributed by atoms with E-state index >= 15 is 0 Å². The normalized spacial score (nSPS) is 16.9. The standard InChI is InChI=1S/C11H12N4O8S/c16-7-2-1-5(3-8(7)17)13-24(22,23)14-10(19)15-4-6(9(15)18)12-11(20)21/h1-3,6,12-13,16-17H,4H2,(H,14,19)(H,20,21). The highest BCUT2D eigenvalue weighted by atomic mass is 32.2. The average Bonchev–Trinajstić information content (AvgIpc) is 2.45. The van der Waals surface area contributed by atoms with Crippen molar-refractivity contribution in [3.05, 3.63) is 18.2 Å². The first-order chi connectivity index (χ1) is 11.1. The van der Waals surface area contributed by atoms with Gasteiger partial charge < -0.3 is 20.6 Å². The molecule has 2 rings (SSSR count). The predicted octanol–water partition coefficient (Wildman–Crippen LogP) is -1.06. The summed E-state index contributed by atoms with van der Waals surface area (Å²) in [4.78, 5) is 34.1. The Hall–Kier alpha value is -3.22. The first-order valence-corrected chi connectivity index (χ1v) is 7.75. The van der Waals surface area contributed by atoms with Gasteiger partial charge in [0.1, 0.15) is 6.04 Å². The number of hydrogen-bond acceptors (Lipinski definition) is 7. The fourth-order valence-electron chi connectivity index (χ4n) is 1.80. The summed E-state index contributed by atoms with van der Waals surface area (Å²) in [6.45, 7) is -0.313. The summed E-state index contributed by atoms with van der Waals surface area (Å²) in [6.07, 6.45) is -1.45. The van der Waals surface area contributed by atoms with Gasteiger partial charge in [0.25, 0.3) is 5.91 Å². The second kappa shape index (κ2) is 6.11. The topological polar surface area (TPSA) is 185 Å². The Morgan fingerprint density at radius 3 is 2.42 bits per heavy atom. The molecule has 0 aliphatic carbocycles. The number of carbonyl (C=O) groups is 3. The van der Waals surface area contributed by atoms with Crippen molar-refractivity contribution >= 4 is 33.9 Å². The maximum absolute atomic E-state index is 11.8. The predicted molar refractivity (Wildman–Crippen MR) is 77.5 cm³/mol. The van der Waals surface area contributed by atoms with Gasteiger partial charge in [-0.2, -0.15) is 8.42 Å². The largest absolute Gasteiger partial charge is 0.504 e. The number of nitrogens with zero attached hydrogens (tertiary/aromatic N) is 1. The summed E-state index contributed by atoms with van der Waals surface area (Å²) in [5, 5.41) is 28.7. The van der Waals surface area contributed by atoms with E-state index in [4.69, 9.17) is 10.2 Å². The summed E-state index contributed by atoms with van der Waals surface area (Å²) in [5.41, 5.74) is -0.147. The van der Waals surface area contributed by atoms with Gasteiger partial charge in [-0.05, 0) is 12.1 Å². The zero-order valence-corrected chi connectivity index (χ0v) is 12.6. The van der Waals surface area contributed by atoms with Gasteiger partial charge in [-0.25, -0.2) is 14.3 Å². The van der Waals surface area contributed by atoms with E-state index in [2.05, 4.69) is 0 Å². The summed E-state index contributed by atoms with van der Waals surface area (Å²) >= 11 is 0. The van der Waals surface area contributed by atoms with Crippen LogP contribution in [0, 0.1) is 0 Å². The fourth-order valence-corrected chi connectivity index (χ4v) is 2.63. The number of carboxylic acid groups (broad SMARTS) is 1. The number of likely N-dealkylation sites (tertiary alicyclic amines) is 1. The van der Waals surface area contributed by atoms with E-state index in [1.54, 1.807) is 4.72 Å². The zero-order valence-electron chi connectivity index (χ0n) is 11.8. The smallest absolute Gasteiger partial charge is 0.405 e. The number of phenolic OH excluding ortho intramolecular Hbond substituents is 2. The minimum Gasteiger partial charge on any atom is -0.504 e. The molecule has 1 fully saturated rings. The van der Waals surface area contributed by atoms with Gasteiger partial charge in [0.05, 0.1) is 12.2 Å². The summed E-state index contributed by atoms with van der Waals surface area (Å²) in [6, 6.07) is 0.675. The highest BCUT2D eigenvalue weighted by molar-refractivity contribution is 7.91. The lowest BCUT2D eigenvalue weighted by atomic mass is 10.1. The van der Waals surface area contributed by atoms with Gasteiger partial charge in [0.2, 0.25) is 0 Å².